The molecule has 1 aromatic carbocycles. The number of nitrogens with one attached hydrogen (secondary N) is 1. The first-order chi connectivity index (χ1) is 13.8. The first-order valence-corrected chi connectivity index (χ1v) is 11.3. The Hall–Kier alpha value is -2.16. The first-order valence-electron chi connectivity index (χ1n) is 9.43. The second-order valence-electron chi connectivity index (χ2n) is 6.70. The maximum absolute atomic E-state index is 12.3. The summed E-state index contributed by atoms with van der Waals surface area (Å²) in [6.45, 7) is 3.57. The zero-order valence-electron chi connectivity index (χ0n) is 15.6. The minimum Gasteiger partial charge on any atom is -0.350 e. The van der Waals surface area contributed by atoms with Crippen LogP contribution in [0.1, 0.15) is 23.5 Å². The van der Waals surface area contributed by atoms with Crippen molar-refractivity contribution in [2.24, 2.45) is 0 Å². The lowest BCUT2D eigenvalue weighted by atomic mass is 10.3. The number of benzene rings is 1. The third-order valence-corrected chi connectivity index (χ3v) is 6.46. The van der Waals surface area contributed by atoms with Gasteiger partial charge >= 0.3 is 0 Å². The number of nitrogens with zero attached hydrogens (tertiary/aromatic N) is 4. The smallest absolute Gasteiger partial charge is 0.230 e. The number of para-hydroxylation sites is 1. The fourth-order valence-corrected chi connectivity index (χ4v) is 4.70. The molecule has 0 atom stereocenters. The molecule has 0 bridgehead atoms. The number of hydrogen-bond acceptors (Lipinski definition) is 6. The minimum atomic E-state index is 0.00195. The first kappa shape index (κ1) is 19.2. The molecule has 1 N–H and O–H groups in total. The molecule has 1 saturated heterocycles. The minimum absolute atomic E-state index is 0.00195. The molecule has 1 amide bonds. The third kappa shape index (κ3) is 4.81. The van der Waals surface area contributed by atoms with Gasteiger partial charge in [0.05, 0.1) is 18.8 Å². The summed E-state index contributed by atoms with van der Waals surface area (Å²) < 4.78 is 2.08. The molecular weight excluding hydrogens is 390 g/mol. The van der Waals surface area contributed by atoms with E-state index in [0.717, 1.165) is 41.2 Å². The van der Waals surface area contributed by atoms with Crippen LogP contribution in [-0.4, -0.2) is 44.4 Å². The Labute approximate surface area is 173 Å². The van der Waals surface area contributed by atoms with Crippen LogP contribution >= 0.6 is 23.1 Å². The van der Waals surface area contributed by atoms with E-state index in [0.29, 0.717) is 12.3 Å². The molecule has 1 aliphatic heterocycles. The number of likely N-dealkylation sites (tertiary alicyclic amines) is 1. The monoisotopic (exact) mass is 413 g/mol. The average molecular weight is 414 g/mol. The van der Waals surface area contributed by atoms with E-state index in [1.54, 1.807) is 11.3 Å². The van der Waals surface area contributed by atoms with Crippen LogP contribution in [0.15, 0.2) is 53.0 Å². The lowest BCUT2D eigenvalue weighted by Gasteiger charge is -2.15. The van der Waals surface area contributed by atoms with Crippen molar-refractivity contribution in [3.63, 3.8) is 0 Å². The van der Waals surface area contributed by atoms with E-state index in [2.05, 4.69) is 37.1 Å². The van der Waals surface area contributed by atoms with Crippen molar-refractivity contribution in [3.8, 4) is 5.69 Å². The summed E-state index contributed by atoms with van der Waals surface area (Å²) >= 11 is 3.07. The van der Waals surface area contributed by atoms with E-state index < -0.39 is 0 Å². The maximum atomic E-state index is 12.3. The van der Waals surface area contributed by atoms with Gasteiger partial charge in [0, 0.05) is 10.6 Å². The van der Waals surface area contributed by atoms with Crippen LogP contribution in [0.3, 0.4) is 0 Å². The topological polar surface area (TPSA) is 63.1 Å². The molecular formula is C20H23N5OS2. The molecule has 6 nitrogen and oxygen atoms in total. The standard InChI is InChI=1S/C20H23N5OS2/c26-19(21-13-17-9-6-12-27-17)15-28-20-23-22-18(14-24-10-4-5-11-24)25(20)16-7-2-1-3-8-16/h1-3,6-9,12H,4-5,10-11,13-15H2,(H,21,26). The molecule has 0 spiro atoms. The fourth-order valence-electron chi connectivity index (χ4n) is 3.25. The Morgan fingerprint density at radius 1 is 1.11 bits per heavy atom. The van der Waals surface area contributed by atoms with E-state index in [1.165, 1.54) is 24.6 Å². The molecule has 3 aromatic rings. The summed E-state index contributed by atoms with van der Waals surface area (Å²) in [6.07, 6.45) is 2.48. The quantitative estimate of drug-likeness (QED) is 0.574. The predicted octanol–water partition coefficient (Wildman–Crippen LogP) is 3.33. The van der Waals surface area contributed by atoms with Crippen molar-refractivity contribution in [1.82, 2.24) is 25.0 Å². The maximum Gasteiger partial charge on any atom is 0.230 e. The van der Waals surface area contributed by atoms with E-state index in [-0.39, 0.29) is 5.91 Å². The molecule has 3 heterocycles. The Morgan fingerprint density at radius 3 is 2.68 bits per heavy atom. The highest BCUT2D eigenvalue weighted by Crippen LogP contribution is 2.23. The van der Waals surface area contributed by atoms with Gasteiger partial charge in [0.15, 0.2) is 11.0 Å². The summed E-state index contributed by atoms with van der Waals surface area (Å²) in [7, 11) is 0. The number of rotatable bonds is 8. The van der Waals surface area contributed by atoms with Gasteiger partial charge in [-0.2, -0.15) is 0 Å². The van der Waals surface area contributed by atoms with Crippen molar-refractivity contribution in [2.45, 2.75) is 31.1 Å². The number of hydrogen-bond donors (Lipinski definition) is 1. The number of carbonyl (C=O) groups excluding carboxylic acids is 1. The normalized spacial score (nSPS) is 14.4. The summed E-state index contributed by atoms with van der Waals surface area (Å²) in [4.78, 5) is 15.8. The van der Waals surface area contributed by atoms with E-state index >= 15 is 0 Å². The molecule has 146 valence electrons. The second-order valence-corrected chi connectivity index (χ2v) is 8.67. The highest BCUT2D eigenvalue weighted by molar-refractivity contribution is 7.99. The molecule has 1 aliphatic rings. The molecule has 1 fully saturated rings. The molecule has 28 heavy (non-hydrogen) atoms. The van der Waals surface area contributed by atoms with Crippen LogP contribution in [0, 0.1) is 0 Å². The summed E-state index contributed by atoms with van der Waals surface area (Å²) in [5.41, 5.74) is 1.03. The number of carbonyl (C=O) groups is 1. The van der Waals surface area contributed by atoms with Gasteiger partial charge in [0.25, 0.3) is 0 Å². The van der Waals surface area contributed by atoms with Crippen molar-refractivity contribution in [2.75, 3.05) is 18.8 Å². The van der Waals surface area contributed by atoms with Crippen LogP contribution < -0.4 is 5.32 Å². The molecule has 0 radical (unpaired) electrons. The molecule has 0 saturated carbocycles. The Kier molecular flexibility index (Phi) is 6.41. The van der Waals surface area contributed by atoms with Gasteiger partial charge in [-0.3, -0.25) is 14.3 Å². The average Bonchev–Trinajstić information content (AvgIpc) is 3.48. The zero-order valence-corrected chi connectivity index (χ0v) is 17.2. The van der Waals surface area contributed by atoms with Gasteiger partial charge in [-0.1, -0.05) is 36.0 Å². The summed E-state index contributed by atoms with van der Waals surface area (Å²) in [5, 5.41) is 14.6. The Bertz CT molecular complexity index is 889. The van der Waals surface area contributed by atoms with E-state index in [9.17, 15) is 4.79 Å². The molecule has 0 aliphatic carbocycles. The van der Waals surface area contributed by atoms with Gasteiger partial charge in [0.2, 0.25) is 5.91 Å². The fraction of sp³-hybridized carbons (Fsp3) is 0.350. The number of amides is 1. The highest BCUT2D eigenvalue weighted by Gasteiger charge is 2.20. The molecule has 8 heteroatoms. The summed E-state index contributed by atoms with van der Waals surface area (Å²) in [6, 6.07) is 14.1. The van der Waals surface area contributed by atoms with E-state index in [1.807, 2.05) is 35.7 Å². The molecule has 2 aromatic heterocycles. The van der Waals surface area contributed by atoms with Gasteiger partial charge in [-0.05, 0) is 49.5 Å². The van der Waals surface area contributed by atoms with Crippen molar-refractivity contribution < 1.29 is 4.79 Å². The van der Waals surface area contributed by atoms with Crippen LogP contribution in [0.2, 0.25) is 0 Å². The van der Waals surface area contributed by atoms with Gasteiger partial charge in [-0.15, -0.1) is 21.5 Å². The lowest BCUT2D eigenvalue weighted by Crippen LogP contribution is -2.24. The van der Waals surface area contributed by atoms with Crippen molar-refractivity contribution in [1.29, 1.82) is 0 Å². The number of aromatic nitrogens is 3. The summed E-state index contributed by atoms with van der Waals surface area (Å²) in [5.74, 6) is 1.25. The second kappa shape index (κ2) is 9.36. The predicted molar refractivity (Wildman–Crippen MR) is 113 cm³/mol. The van der Waals surface area contributed by atoms with Crippen LogP contribution in [0.4, 0.5) is 0 Å². The molecule has 4 rings (SSSR count). The third-order valence-electron chi connectivity index (χ3n) is 4.65. The lowest BCUT2D eigenvalue weighted by molar-refractivity contribution is -0.118. The van der Waals surface area contributed by atoms with Crippen molar-refractivity contribution in [3.05, 3.63) is 58.5 Å². The van der Waals surface area contributed by atoms with Crippen LogP contribution in [0.5, 0.6) is 0 Å². The number of thioether (sulfide) groups is 1. The SMILES string of the molecule is O=C(CSc1nnc(CN2CCCC2)n1-c1ccccc1)NCc1cccs1. The van der Waals surface area contributed by atoms with E-state index in [4.69, 9.17) is 0 Å². The largest absolute Gasteiger partial charge is 0.350 e. The van der Waals surface area contributed by atoms with Crippen LogP contribution in [0.25, 0.3) is 5.69 Å². The highest BCUT2D eigenvalue weighted by atomic mass is 32.2. The Morgan fingerprint density at radius 2 is 1.93 bits per heavy atom. The van der Waals surface area contributed by atoms with Crippen LogP contribution in [-0.2, 0) is 17.9 Å². The number of thiophene rings is 1. The zero-order chi connectivity index (χ0) is 19.2. The van der Waals surface area contributed by atoms with Gasteiger partial charge in [-0.25, -0.2) is 0 Å². The van der Waals surface area contributed by atoms with Gasteiger partial charge < -0.3 is 5.32 Å². The van der Waals surface area contributed by atoms with Crippen molar-refractivity contribution >= 4 is 29.0 Å². The van der Waals surface area contributed by atoms with Gasteiger partial charge in [0.1, 0.15) is 0 Å². The Balaban J connectivity index is 1.45. The molecule has 0 unspecified atom stereocenters.